The molecule has 1 amide bonds. The number of anilines is 1. The predicted molar refractivity (Wildman–Crippen MR) is 160 cm³/mol. The molecule has 208 valence electrons. The average molecular weight is 565 g/mol. The normalized spacial score (nSPS) is 17.2. The number of rotatable bonds is 6. The van der Waals surface area contributed by atoms with Crippen molar-refractivity contribution in [1.82, 2.24) is 9.88 Å². The van der Waals surface area contributed by atoms with Gasteiger partial charge in [0.1, 0.15) is 11.1 Å². The van der Waals surface area contributed by atoms with Gasteiger partial charge in [-0.3, -0.25) is 14.7 Å². The highest BCUT2D eigenvalue weighted by Crippen LogP contribution is 2.42. The number of carbonyl (C=O) groups excluding carboxylic acids is 2. The maximum Gasteiger partial charge on any atom is 0.339 e. The fraction of sp³-hybridized carbons (Fsp3) is 0.333. The minimum atomic E-state index is -1.04. The zero-order valence-corrected chi connectivity index (χ0v) is 24.1. The first kappa shape index (κ1) is 27.1. The highest BCUT2D eigenvalue weighted by atomic mass is 32.1. The summed E-state index contributed by atoms with van der Waals surface area (Å²) in [4.78, 5) is 35.2. The standard InChI is InChI=1S/C33H32N4O3S/c1-3-37-16-15-28-26(19-37)30(24-11-7-8-12-27(24)35-28)33(39)40-20(2)31(38)36-32-25(18-34)23-14-13-22(17-29(23)41-32)21-9-5-4-6-10-21/h4-12,20,22H,3,13-17,19H2,1-2H3,(H,36,38). The molecule has 2 aromatic heterocycles. The van der Waals surface area contributed by atoms with Gasteiger partial charge in [-0.05, 0) is 55.8 Å². The monoisotopic (exact) mass is 564 g/mol. The third-order valence-electron chi connectivity index (χ3n) is 8.31. The van der Waals surface area contributed by atoms with Crippen molar-refractivity contribution in [3.8, 4) is 6.07 Å². The van der Waals surface area contributed by atoms with E-state index in [0.29, 0.717) is 28.6 Å². The number of nitrogens with zero attached hydrogens (tertiary/aromatic N) is 3. The second-order valence-electron chi connectivity index (χ2n) is 10.8. The zero-order chi connectivity index (χ0) is 28.5. The third kappa shape index (κ3) is 5.23. The van der Waals surface area contributed by atoms with Gasteiger partial charge in [-0.2, -0.15) is 5.26 Å². The minimum absolute atomic E-state index is 0.391. The van der Waals surface area contributed by atoms with Crippen LogP contribution in [0.4, 0.5) is 5.00 Å². The number of benzene rings is 2. The number of fused-ring (bicyclic) bond motifs is 3. The Morgan fingerprint density at radius 3 is 2.71 bits per heavy atom. The van der Waals surface area contributed by atoms with Gasteiger partial charge in [0.15, 0.2) is 6.10 Å². The summed E-state index contributed by atoms with van der Waals surface area (Å²) < 4.78 is 5.79. The van der Waals surface area contributed by atoms with E-state index < -0.39 is 18.0 Å². The molecule has 2 aromatic carbocycles. The molecule has 2 atom stereocenters. The van der Waals surface area contributed by atoms with Gasteiger partial charge in [-0.1, -0.05) is 55.5 Å². The molecule has 1 aliphatic heterocycles. The maximum absolute atomic E-state index is 13.6. The topological polar surface area (TPSA) is 95.3 Å². The van der Waals surface area contributed by atoms with Crippen LogP contribution in [0.2, 0.25) is 0 Å². The van der Waals surface area contributed by atoms with Crippen LogP contribution in [0.3, 0.4) is 0 Å². The van der Waals surface area contributed by atoms with Crippen LogP contribution in [0.15, 0.2) is 54.6 Å². The fourth-order valence-corrected chi connectivity index (χ4v) is 7.32. The van der Waals surface area contributed by atoms with Crippen molar-refractivity contribution >= 4 is 39.1 Å². The SMILES string of the molecule is CCN1CCc2nc3ccccc3c(C(=O)OC(C)C(=O)Nc3sc4c(c3C#N)CCC(c3ccccc3)C4)c2C1. The smallest absolute Gasteiger partial charge is 0.339 e. The molecule has 6 rings (SSSR count). The van der Waals surface area contributed by atoms with Gasteiger partial charge in [0.25, 0.3) is 5.91 Å². The van der Waals surface area contributed by atoms with Crippen LogP contribution in [-0.2, 0) is 35.3 Å². The molecule has 2 aliphatic rings. The molecule has 0 spiro atoms. The number of hydrogen-bond donors (Lipinski definition) is 1. The maximum atomic E-state index is 13.6. The lowest BCUT2D eigenvalue weighted by Crippen LogP contribution is -2.34. The molecule has 0 radical (unpaired) electrons. The van der Waals surface area contributed by atoms with Crippen molar-refractivity contribution in [2.45, 2.75) is 58.1 Å². The molecule has 0 bridgehead atoms. The number of thiophene rings is 1. The summed E-state index contributed by atoms with van der Waals surface area (Å²) in [6.45, 7) is 6.05. The molecule has 41 heavy (non-hydrogen) atoms. The zero-order valence-electron chi connectivity index (χ0n) is 23.3. The minimum Gasteiger partial charge on any atom is -0.449 e. The molecule has 3 heterocycles. The third-order valence-corrected chi connectivity index (χ3v) is 9.48. The van der Waals surface area contributed by atoms with Crippen LogP contribution in [0.25, 0.3) is 10.9 Å². The quantitative estimate of drug-likeness (QED) is 0.289. The molecule has 0 saturated heterocycles. The molecule has 1 aliphatic carbocycles. The molecular weight excluding hydrogens is 532 g/mol. The Morgan fingerprint density at radius 2 is 1.93 bits per heavy atom. The van der Waals surface area contributed by atoms with Crippen molar-refractivity contribution in [2.24, 2.45) is 0 Å². The van der Waals surface area contributed by atoms with E-state index >= 15 is 0 Å². The summed E-state index contributed by atoms with van der Waals surface area (Å²) in [6.07, 6.45) is 2.32. The summed E-state index contributed by atoms with van der Waals surface area (Å²) in [5.41, 5.74) is 5.87. The van der Waals surface area contributed by atoms with E-state index in [0.717, 1.165) is 71.4 Å². The van der Waals surface area contributed by atoms with Gasteiger partial charge in [-0.15, -0.1) is 11.3 Å². The Morgan fingerprint density at radius 1 is 1.15 bits per heavy atom. The summed E-state index contributed by atoms with van der Waals surface area (Å²) in [7, 11) is 0. The fourth-order valence-electron chi connectivity index (χ4n) is 6.04. The molecule has 7 nitrogen and oxygen atoms in total. The summed E-state index contributed by atoms with van der Waals surface area (Å²) >= 11 is 1.46. The first-order valence-electron chi connectivity index (χ1n) is 14.2. The molecular formula is C33H32N4O3S. The number of amides is 1. The molecule has 1 N–H and O–H groups in total. The lowest BCUT2D eigenvalue weighted by atomic mass is 9.83. The van der Waals surface area contributed by atoms with Crippen LogP contribution in [0.5, 0.6) is 0 Å². The number of carbonyl (C=O) groups is 2. The summed E-state index contributed by atoms with van der Waals surface area (Å²) in [6, 6.07) is 20.3. The second-order valence-corrected chi connectivity index (χ2v) is 11.9. The molecule has 0 saturated carbocycles. The Labute approximate surface area is 243 Å². The highest BCUT2D eigenvalue weighted by molar-refractivity contribution is 7.16. The van der Waals surface area contributed by atoms with Crippen molar-refractivity contribution in [3.05, 3.63) is 93.0 Å². The first-order chi connectivity index (χ1) is 20.0. The largest absolute Gasteiger partial charge is 0.449 e. The van der Waals surface area contributed by atoms with Gasteiger partial charge >= 0.3 is 5.97 Å². The lowest BCUT2D eigenvalue weighted by molar-refractivity contribution is -0.123. The first-order valence-corrected chi connectivity index (χ1v) is 15.0. The summed E-state index contributed by atoms with van der Waals surface area (Å²) in [5.74, 6) is -0.588. The Kier molecular flexibility index (Phi) is 7.57. The number of nitrogens with one attached hydrogen (secondary N) is 1. The van der Waals surface area contributed by atoms with Crippen molar-refractivity contribution < 1.29 is 14.3 Å². The number of esters is 1. The van der Waals surface area contributed by atoms with Gasteiger partial charge < -0.3 is 10.1 Å². The second kappa shape index (κ2) is 11.4. The van der Waals surface area contributed by atoms with E-state index in [4.69, 9.17) is 9.72 Å². The van der Waals surface area contributed by atoms with Gasteiger partial charge in [0.2, 0.25) is 0 Å². The highest BCUT2D eigenvalue weighted by Gasteiger charge is 2.31. The van der Waals surface area contributed by atoms with Crippen molar-refractivity contribution in [2.75, 3.05) is 18.4 Å². The number of pyridine rings is 1. The Hall–Kier alpha value is -4.06. The molecule has 4 aromatic rings. The van der Waals surface area contributed by atoms with E-state index in [-0.39, 0.29) is 0 Å². The number of nitriles is 1. The summed E-state index contributed by atoms with van der Waals surface area (Å²) in [5, 5.41) is 14.1. The van der Waals surface area contributed by atoms with E-state index in [2.05, 4.69) is 47.5 Å². The number of aromatic nitrogens is 1. The number of likely N-dealkylation sites (N-methyl/N-ethyl adjacent to an activating group) is 1. The van der Waals surface area contributed by atoms with Crippen molar-refractivity contribution in [1.29, 1.82) is 5.26 Å². The number of para-hydroxylation sites is 1. The van der Waals surface area contributed by atoms with E-state index in [1.165, 1.54) is 16.9 Å². The number of hydrogen-bond acceptors (Lipinski definition) is 7. The Balaban J connectivity index is 1.22. The van der Waals surface area contributed by atoms with E-state index in [1.807, 2.05) is 30.3 Å². The van der Waals surface area contributed by atoms with Crippen LogP contribution in [0.1, 0.15) is 69.4 Å². The average Bonchev–Trinajstić information content (AvgIpc) is 3.35. The van der Waals surface area contributed by atoms with Crippen LogP contribution in [0, 0.1) is 11.3 Å². The van der Waals surface area contributed by atoms with Gasteiger partial charge in [0.05, 0.1) is 16.6 Å². The molecule has 2 unspecified atom stereocenters. The van der Waals surface area contributed by atoms with Crippen LogP contribution >= 0.6 is 11.3 Å². The van der Waals surface area contributed by atoms with Crippen LogP contribution < -0.4 is 5.32 Å². The Bertz CT molecular complexity index is 1670. The molecule has 8 heteroatoms. The lowest BCUT2D eigenvalue weighted by Gasteiger charge is -2.29. The van der Waals surface area contributed by atoms with E-state index in [1.54, 1.807) is 6.92 Å². The van der Waals surface area contributed by atoms with Crippen LogP contribution in [-0.4, -0.2) is 41.0 Å². The predicted octanol–water partition coefficient (Wildman–Crippen LogP) is 6.00. The van der Waals surface area contributed by atoms with Crippen molar-refractivity contribution in [3.63, 3.8) is 0 Å². The molecule has 0 fully saturated rings. The van der Waals surface area contributed by atoms with Gasteiger partial charge in [-0.25, -0.2) is 4.79 Å². The van der Waals surface area contributed by atoms with Gasteiger partial charge in [0, 0.05) is 41.0 Å². The number of ether oxygens (including phenoxy) is 1. The van der Waals surface area contributed by atoms with E-state index in [9.17, 15) is 14.9 Å².